The zero-order chi connectivity index (χ0) is 13.9. The van der Waals surface area contributed by atoms with Crippen LogP contribution >= 0.6 is 0 Å². The first kappa shape index (κ1) is 14.3. The van der Waals surface area contributed by atoms with Crippen molar-refractivity contribution in [2.45, 2.75) is 38.1 Å². The van der Waals surface area contributed by atoms with Crippen molar-refractivity contribution < 1.29 is 20.1 Å². The van der Waals surface area contributed by atoms with Gasteiger partial charge in [0.25, 0.3) is 0 Å². The Hall–Kier alpha value is -1.75. The lowest BCUT2D eigenvalue weighted by atomic mass is 9.84. The highest BCUT2D eigenvalue weighted by atomic mass is 16.4. The SMILES string of the molecule is CCC(CC(C)(N)C(=O)O)c1ccc(O)c(O)c1. The summed E-state index contributed by atoms with van der Waals surface area (Å²) in [6.45, 7) is 3.39. The number of hydrogen-bond donors (Lipinski definition) is 4. The fourth-order valence-electron chi connectivity index (χ4n) is 1.89. The number of nitrogens with two attached hydrogens (primary N) is 1. The third-order valence-corrected chi connectivity index (χ3v) is 3.12. The first-order valence-corrected chi connectivity index (χ1v) is 5.82. The summed E-state index contributed by atoms with van der Waals surface area (Å²) in [4.78, 5) is 11.0. The minimum Gasteiger partial charge on any atom is -0.504 e. The van der Waals surface area contributed by atoms with E-state index in [1.807, 2.05) is 6.92 Å². The summed E-state index contributed by atoms with van der Waals surface area (Å²) >= 11 is 0. The third kappa shape index (κ3) is 3.13. The van der Waals surface area contributed by atoms with Gasteiger partial charge in [-0.2, -0.15) is 0 Å². The second-order valence-electron chi connectivity index (χ2n) is 4.78. The number of hydrogen-bond acceptors (Lipinski definition) is 4. The number of phenolic OH excluding ortho intramolecular Hbond substituents is 2. The van der Waals surface area contributed by atoms with Crippen molar-refractivity contribution in [3.8, 4) is 11.5 Å². The van der Waals surface area contributed by atoms with Crippen molar-refractivity contribution in [3.63, 3.8) is 0 Å². The maximum Gasteiger partial charge on any atom is 0.323 e. The van der Waals surface area contributed by atoms with Crippen molar-refractivity contribution in [3.05, 3.63) is 23.8 Å². The van der Waals surface area contributed by atoms with E-state index in [4.69, 9.17) is 10.8 Å². The van der Waals surface area contributed by atoms with Crippen molar-refractivity contribution in [1.29, 1.82) is 0 Å². The second-order valence-corrected chi connectivity index (χ2v) is 4.78. The summed E-state index contributed by atoms with van der Waals surface area (Å²) in [6.07, 6.45) is 0.966. The van der Waals surface area contributed by atoms with Crippen LogP contribution in [0.15, 0.2) is 18.2 Å². The van der Waals surface area contributed by atoms with Crippen molar-refractivity contribution in [2.75, 3.05) is 0 Å². The van der Waals surface area contributed by atoms with Crippen LogP contribution in [0.1, 0.15) is 38.2 Å². The molecule has 0 aliphatic rings. The molecule has 0 radical (unpaired) electrons. The molecule has 5 N–H and O–H groups in total. The molecule has 0 aromatic heterocycles. The fourth-order valence-corrected chi connectivity index (χ4v) is 1.89. The van der Waals surface area contributed by atoms with Crippen LogP contribution in [0.5, 0.6) is 11.5 Å². The maximum atomic E-state index is 11.0. The van der Waals surface area contributed by atoms with Gasteiger partial charge in [0.1, 0.15) is 5.54 Å². The lowest BCUT2D eigenvalue weighted by Gasteiger charge is -2.25. The molecule has 5 nitrogen and oxygen atoms in total. The van der Waals surface area contributed by atoms with E-state index in [2.05, 4.69) is 0 Å². The maximum absolute atomic E-state index is 11.0. The van der Waals surface area contributed by atoms with E-state index >= 15 is 0 Å². The Bertz CT molecular complexity index is 443. The first-order chi connectivity index (χ1) is 8.27. The summed E-state index contributed by atoms with van der Waals surface area (Å²) in [5, 5.41) is 27.7. The van der Waals surface area contributed by atoms with Crippen molar-refractivity contribution >= 4 is 5.97 Å². The van der Waals surface area contributed by atoms with E-state index in [0.717, 1.165) is 5.56 Å². The molecule has 2 unspecified atom stereocenters. The smallest absolute Gasteiger partial charge is 0.323 e. The molecule has 2 atom stereocenters. The molecular formula is C13H19NO4. The molecule has 0 saturated carbocycles. The van der Waals surface area contributed by atoms with Gasteiger partial charge in [-0.25, -0.2) is 0 Å². The predicted molar refractivity (Wildman–Crippen MR) is 67.6 cm³/mol. The average Bonchev–Trinajstić information content (AvgIpc) is 2.29. The van der Waals surface area contributed by atoms with Gasteiger partial charge < -0.3 is 21.1 Å². The molecule has 0 spiro atoms. The third-order valence-electron chi connectivity index (χ3n) is 3.12. The van der Waals surface area contributed by atoms with Gasteiger partial charge >= 0.3 is 5.97 Å². The Kier molecular flexibility index (Phi) is 4.19. The lowest BCUT2D eigenvalue weighted by Crippen LogP contribution is -2.45. The summed E-state index contributed by atoms with van der Waals surface area (Å²) in [5.41, 5.74) is 5.19. The Morgan fingerprint density at radius 2 is 2.00 bits per heavy atom. The Morgan fingerprint density at radius 1 is 1.39 bits per heavy atom. The molecule has 0 fully saturated rings. The van der Waals surface area contributed by atoms with Gasteiger partial charge in [0.15, 0.2) is 11.5 Å². The molecule has 1 aromatic rings. The lowest BCUT2D eigenvalue weighted by molar-refractivity contribution is -0.143. The van der Waals surface area contributed by atoms with Crippen LogP contribution in [0.3, 0.4) is 0 Å². The van der Waals surface area contributed by atoms with Gasteiger partial charge in [-0.15, -0.1) is 0 Å². The normalized spacial score (nSPS) is 15.9. The first-order valence-electron chi connectivity index (χ1n) is 5.82. The van der Waals surface area contributed by atoms with Gasteiger partial charge in [0.05, 0.1) is 0 Å². The van der Waals surface area contributed by atoms with E-state index < -0.39 is 11.5 Å². The largest absolute Gasteiger partial charge is 0.504 e. The number of benzene rings is 1. The van der Waals surface area contributed by atoms with Gasteiger partial charge in [-0.05, 0) is 43.4 Å². The standard InChI is InChI=1S/C13H19NO4/c1-3-8(7-13(2,14)12(17)18)9-4-5-10(15)11(16)6-9/h4-6,8,15-16H,3,7,14H2,1-2H3,(H,17,18). The van der Waals surface area contributed by atoms with E-state index in [1.165, 1.54) is 19.1 Å². The molecule has 0 heterocycles. The molecule has 0 bridgehead atoms. The zero-order valence-electron chi connectivity index (χ0n) is 10.6. The summed E-state index contributed by atoms with van der Waals surface area (Å²) < 4.78 is 0. The predicted octanol–water partition coefficient (Wildman–Crippen LogP) is 1.78. The van der Waals surface area contributed by atoms with E-state index in [0.29, 0.717) is 6.42 Å². The number of carbonyl (C=O) groups is 1. The van der Waals surface area contributed by atoms with Crippen LogP contribution in [0.25, 0.3) is 0 Å². The monoisotopic (exact) mass is 253 g/mol. The van der Waals surface area contributed by atoms with Crippen LogP contribution < -0.4 is 5.73 Å². The quantitative estimate of drug-likeness (QED) is 0.599. The van der Waals surface area contributed by atoms with Crippen LogP contribution in [-0.2, 0) is 4.79 Å². The van der Waals surface area contributed by atoms with E-state index in [9.17, 15) is 15.0 Å². The number of rotatable bonds is 5. The summed E-state index contributed by atoms with van der Waals surface area (Å²) in [7, 11) is 0. The molecule has 0 aliphatic carbocycles. The van der Waals surface area contributed by atoms with E-state index in [-0.39, 0.29) is 23.8 Å². The molecule has 0 aliphatic heterocycles. The highest BCUT2D eigenvalue weighted by Gasteiger charge is 2.31. The second kappa shape index (κ2) is 5.27. The number of aliphatic carboxylic acids is 1. The van der Waals surface area contributed by atoms with Gasteiger partial charge in [0.2, 0.25) is 0 Å². The number of carboxylic acid groups (broad SMARTS) is 1. The van der Waals surface area contributed by atoms with Gasteiger partial charge in [-0.3, -0.25) is 4.79 Å². The highest BCUT2D eigenvalue weighted by molar-refractivity contribution is 5.77. The molecule has 0 saturated heterocycles. The van der Waals surface area contributed by atoms with Crippen LogP contribution in [-0.4, -0.2) is 26.8 Å². The van der Waals surface area contributed by atoms with Gasteiger partial charge in [-0.1, -0.05) is 13.0 Å². The Labute approximate surface area is 106 Å². The number of carboxylic acids is 1. The van der Waals surface area contributed by atoms with Gasteiger partial charge in [0, 0.05) is 0 Å². The molecule has 100 valence electrons. The molecular weight excluding hydrogens is 234 g/mol. The minimum atomic E-state index is -1.31. The molecule has 0 amide bonds. The minimum absolute atomic E-state index is 0.0809. The molecule has 5 heteroatoms. The molecule has 18 heavy (non-hydrogen) atoms. The zero-order valence-corrected chi connectivity index (χ0v) is 10.6. The highest BCUT2D eigenvalue weighted by Crippen LogP contribution is 2.33. The topological polar surface area (TPSA) is 104 Å². The summed E-state index contributed by atoms with van der Waals surface area (Å²) in [5.74, 6) is -1.53. The van der Waals surface area contributed by atoms with Crippen molar-refractivity contribution in [1.82, 2.24) is 0 Å². The van der Waals surface area contributed by atoms with Crippen LogP contribution in [0.4, 0.5) is 0 Å². The van der Waals surface area contributed by atoms with Crippen molar-refractivity contribution in [2.24, 2.45) is 5.73 Å². The number of phenols is 2. The van der Waals surface area contributed by atoms with E-state index in [1.54, 1.807) is 6.07 Å². The average molecular weight is 253 g/mol. The Morgan fingerprint density at radius 3 is 2.44 bits per heavy atom. The number of aromatic hydroxyl groups is 2. The summed E-state index contributed by atoms with van der Waals surface area (Å²) in [6, 6.07) is 4.50. The fraction of sp³-hybridized carbons (Fsp3) is 0.462. The van der Waals surface area contributed by atoms with Crippen LogP contribution in [0, 0.1) is 0 Å². The Balaban J connectivity index is 2.96. The van der Waals surface area contributed by atoms with Crippen LogP contribution in [0.2, 0.25) is 0 Å². The molecule has 1 rings (SSSR count). The molecule has 1 aromatic carbocycles.